The molecule has 1 saturated heterocycles. The van der Waals surface area contributed by atoms with Crippen LogP contribution in [0.3, 0.4) is 0 Å². The molecule has 0 spiro atoms. The highest BCUT2D eigenvalue weighted by atomic mass is 32.2. The van der Waals surface area contributed by atoms with E-state index in [9.17, 15) is 14.4 Å². The molecule has 2 rings (SSSR count). The summed E-state index contributed by atoms with van der Waals surface area (Å²) in [6, 6.07) is -0.627. The molecule has 0 aromatic carbocycles. The summed E-state index contributed by atoms with van der Waals surface area (Å²) in [4.78, 5) is 34.4. The summed E-state index contributed by atoms with van der Waals surface area (Å²) in [5.74, 6) is -1.08. The van der Waals surface area contributed by atoms with Crippen molar-refractivity contribution in [2.75, 3.05) is 5.75 Å². The lowest BCUT2D eigenvalue weighted by atomic mass is 10.0. The molecule has 0 aliphatic carbocycles. The smallest absolute Gasteiger partial charge is 0.352 e. The van der Waals surface area contributed by atoms with Gasteiger partial charge in [0.05, 0.1) is 0 Å². The van der Waals surface area contributed by atoms with E-state index in [2.05, 4.69) is 11.9 Å². The lowest BCUT2D eigenvalue weighted by Gasteiger charge is -2.48. The van der Waals surface area contributed by atoms with Gasteiger partial charge >= 0.3 is 5.97 Å². The molecule has 1 fully saturated rings. The molecule has 0 aromatic rings. The standard InChI is InChI=1S/C10H10N2O4S/c1-2-5-3-17-9-6(11-4-13)8(14)12(9)7(5)10(15)16/h2,4,6,9H,1,3H2,(H,11,13)(H,15,16). The van der Waals surface area contributed by atoms with Crippen molar-refractivity contribution in [3.05, 3.63) is 23.9 Å². The molecule has 6 nitrogen and oxygen atoms in total. The summed E-state index contributed by atoms with van der Waals surface area (Å²) in [6.45, 7) is 3.54. The number of β-lactam (4-membered cyclic amide) rings is 1. The Hall–Kier alpha value is -1.76. The molecule has 17 heavy (non-hydrogen) atoms. The van der Waals surface area contributed by atoms with Gasteiger partial charge in [-0.3, -0.25) is 14.5 Å². The Morgan fingerprint density at radius 3 is 2.88 bits per heavy atom. The molecule has 0 bridgehead atoms. The Bertz CT molecular complexity index is 446. The summed E-state index contributed by atoms with van der Waals surface area (Å²) in [7, 11) is 0. The van der Waals surface area contributed by atoms with Crippen LogP contribution in [-0.4, -0.2) is 45.5 Å². The number of fused-ring (bicyclic) bond motifs is 1. The second kappa shape index (κ2) is 4.25. The maximum absolute atomic E-state index is 11.7. The van der Waals surface area contributed by atoms with E-state index >= 15 is 0 Å². The molecular formula is C10H10N2O4S. The number of thioether (sulfide) groups is 1. The summed E-state index contributed by atoms with van der Waals surface area (Å²) in [5, 5.41) is 11.2. The Morgan fingerprint density at radius 2 is 2.35 bits per heavy atom. The molecule has 0 saturated carbocycles. The minimum Gasteiger partial charge on any atom is -0.477 e. The third kappa shape index (κ3) is 1.62. The first-order chi connectivity index (χ1) is 8.11. The van der Waals surface area contributed by atoms with Crippen LogP contribution in [0.2, 0.25) is 0 Å². The molecule has 2 unspecified atom stereocenters. The number of carbonyl (C=O) groups is 3. The van der Waals surface area contributed by atoms with Gasteiger partial charge in [0.15, 0.2) is 0 Å². The normalized spacial score (nSPS) is 27.1. The molecule has 2 N–H and O–H groups in total. The Balaban J connectivity index is 2.32. The number of rotatable bonds is 4. The van der Waals surface area contributed by atoms with Gasteiger partial charge < -0.3 is 10.4 Å². The van der Waals surface area contributed by atoms with Gasteiger partial charge in [0.25, 0.3) is 5.91 Å². The highest BCUT2D eigenvalue weighted by molar-refractivity contribution is 8.00. The number of nitrogens with zero attached hydrogens (tertiary/aromatic N) is 1. The number of carboxylic acid groups (broad SMARTS) is 1. The fraction of sp³-hybridized carbons (Fsp3) is 0.300. The van der Waals surface area contributed by atoms with E-state index in [-0.39, 0.29) is 11.1 Å². The molecule has 0 radical (unpaired) electrons. The van der Waals surface area contributed by atoms with Crippen LogP contribution in [0.1, 0.15) is 0 Å². The van der Waals surface area contributed by atoms with E-state index in [1.54, 1.807) is 0 Å². The van der Waals surface area contributed by atoms with Gasteiger partial charge in [-0.15, -0.1) is 11.8 Å². The van der Waals surface area contributed by atoms with E-state index in [1.165, 1.54) is 22.7 Å². The highest BCUT2D eigenvalue weighted by Crippen LogP contribution is 2.40. The largest absolute Gasteiger partial charge is 0.477 e. The number of nitrogens with one attached hydrogen (secondary N) is 1. The first-order valence-electron chi connectivity index (χ1n) is 4.85. The van der Waals surface area contributed by atoms with Crippen molar-refractivity contribution in [3.8, 4) is 0 Å². The number of aliphatic carboxylic acids is 1. The summed E-state index contributed by atoms with van der Waals surface area (Å²) >= 11 is 1.41. The predicted molar refractivity (Wildman–Crippen MR) is 60.9 cm³/mol. The SMILES string of the molecule is C=CC1=C(C(=O)O)N2C(=O)C(NC=O)C2SC1. The minimum absolute atomic E-state index is 0.0299. The van der Waals surface area contributed by atoms with Crippen LogP contribution < -0.4 is 5.32 Å². The van der Waals surface area contributed by atoms with E-state index < -0.39 is 17.9 Å². The molecule has 2 aliphatic rings. The molecule has 2 atom stereocenters. The van der Waals surface area contributed by atoms with Crippen molar-refractivity contribution in [2.45, 2.75) is 11.4 Å². The van der Waals surface area contributed by atoms with Gasteiger partial charge in [-0.1, -0.05) is 12.7 Å². The first-order valence-corrected chi connectivity index (χ1v) is 5.90. The van der Waals surface area contributed by atoms with E-state index in [1.807, 2.05) is 0 Å². The lowest BCUT2D eigenvalue weighted by molar-refractivity contribution is -0.149. The van der Waals surface area contributed by atoms with Gasteiger partial charge in [-0.2, -0.15) is 0 Å². The average Bonchev–Trinajstić information content (AvgIpc) is 2.33. The Morgan fingerprint density at radius 1 is 1.65 bits per heavy atom. The number of hydrogen-bond acceptors (Lipinski definition) is 4. The van der Waals surface area contributed by atoms with Crippen molar-refractivity contribution in [1.82, 2.24) is 10.2 Å². The number of carboxylic acids is 1. The van der Waals surface area contributed by atoms with Crippen LogP contribution in [0.15, 0.2) is 23.9 Å². The van der Waals surface area contributed by atoms with E-state index in [0.29, 0.717) is 17.7 Å². The van der Waals surface area contributed by atoms with Crippen LogP contribution in [0.25, 0.3) is 0 Å². The van der Waals surface area contributed by atoms with Crippen LogP contribution in [0, 0.1) is 0 Å². The lowest BCUT2D eigenvalue weighted by Crippen LogP contribution is -2.69. The van der Waals surface area contributed by atoms with Crippen LogP contribution in [0.4, 0.5) is 0 Å². The van der Waals surface area contributed by atoms with Crippen molar-refractivity contribution in [1.29, 1.82) is 0 Å². The molecule has 90 valence electrons. The second-order valence-electron chi connectivity index (χ2n) is 3.56. The Labute approximate surface area is 101 Å². The summed E-state index contributed by atoms with van der Waals surface area (Å²) in [6.07, 6.45) is 1.90. The number of hydrogen-bond donors (Lipinski definition) is 2. The van der Waals surface area contributed by atoms with Gasteiger partial charge in [0.2, 0.25) is 6.41 Å². The fourth-order valence-corrected chi connectivity index (χ4v) is 3.24. The van der Waals surface area contributed by atoms with Crippen LogP contribution in [-0.2, 0) is 14.4 Å². The zero-order valence-corrected chi connectivity index (χ0v) is 9.57. The zero-order valence-electron chi connectivity index (χ0n) is 8.75. The number of amides is 2. The van der Waals surface area contributed by atoms with Crippen molar-refractivity contribution in [3.63, 3.8) is 0 Å². The first kappa shape index (κ1) is 11.7. The summed E-state index contributed by atoms with van der Waals surface area (Å²) < 4.78 is 0. The maximum Gasteiger partial charge on any atom is 0.352 e. The zero-order chi connectivity index (χ0) is 12.6. The molecule has 7 heteroatoms. The fourth-order valence-electron chi connectivity index (χ4n) is 1.89. The molecule has 2 aliphatic heterocycles. The number of allylic oxidation sites excluding steroid dienone is 1. The number of carbonyl (C=O) groups excluding carboxylic acids is 2. The van der Waals surface area contributed by atoms with Gasteiger partial charge in [-0.25, -0.2) is 4.79 Å². The molecule has 2 amide bonds. The average molecular weight is 254 g/mol. The quantitative estimate of drug-likeness (QED) is 0.523. The highest BCUT2D eigenvalue weighted by Gasteiger charge is 2.53. The van der Waals surface area contributed by atoms with E-state index in [4.69, 9.17) is 5.11 Å². The molecule has 0 aromatic heterocycles. The van der Waals surface area contributed by atoms with Crippen molar-refractivity contribution < 1.29 is 19.5 Å². The maximum atomic E-state index is 11.7. The van der Waals surface area contributed by atoms with Crippen molar-refractivity contribution >= 4 is 30.0 Å². The third-order valence-electron chi connectivity index (χ3n) is 2.69. The monoisotopic (exact) mass is 254 g/mol. The van der Waals surface area contributed by atoms with Crippen LogP contribution >= 0.6 is 11.8 Å². The van der Waals surface area contributed by atoms with Crippen molar-refractivity contribution in [2.24, 2.45) is 0 Å². The molecule has 2 heterocycles. The topological polar surface area (TPSA) is 86.7 Å². The molecular weight excluding hydrogens is 244 g/mol. The second-order valence-corrected chi connectivity index (χ2v) is 4.66. The summed E-state index contributed by atoms with van der Waals surface area (Å²) in [5.41, 5.74) is 0.495. The van der Waals surface area contributed by atoms with Gasteiger partial charge in [0.1, 0.15) is 17.1 Å². The van der Waals surface area contributed by atoms with E-state index in [0.717, 1.165) is 0 Å². The minimum atomic E-state index is -1.15. The van der Waals surface area contributed by atoms with Gasteiger partial charge in [0, 0.05) is 5.75 Å². The van der Waals surface area contributed by atoms with Gasteiger partial charge in [-0.05, 0) is 5.57 Å². The Kier molecular flexibility index (Phi) is 2.93. The van der Waals surface area contributed by atoms with Crippen LogP contribution in [0.5, 0.6) is 0 Å². The third-order valence-corrected chi connectivity index (χ3v) is 4.00. The predicted octanol–water partition coefficient (Wildman–Crippen LogP) is -0.459.